The molecule has 0 spiro atoms. The van der Waals surface area contributed by atoms with E-state index in [2.05, 4.69) is 15.0 Å². The van der Waals surface area contributed by atoms with Crippen molar-refractivity contribution >= 4 is 23.6 Å². The fraction of sp³-hybridized carbons (Fsp3) is 0.222. The third kappa shape index (κ3) is 1.60. The van der Waals surface area contributed by atoms with Gasteiger partial charge in [-0.3, -0.25) is 4.98 Å². The third-order valence-corrected chi connectivity index (χ3v) is 3.25. The van der Waals surface area contributed by atoms with Gasteiger partial charge in [-0.2, -0.15) is 0 Å². The van der Waals surface area contributed by atoms with E-state index in [1.807, 2.05) is 13.8 Å². The minimum absolute atomic E-state index is 0.657. The Balaban J connectivity index is 2.63. The van der Waals surface area contributed by atoms with Crippen molar-refractivity contribution in [3.63, 3.8) is 0 Å². The molecular formula is C9H9N3S2. The third-order valence-electron chi connectivity index (χ3n) is 2.07. The minimum Gasteiger partial charge on any atom is -0.342 e. The van der Waals surface area contributed by atoms with Crippen LogP contribution in [0.3, 0.4) is 0 Å². The van der Waals surface area contributed by atoms with E-state index in [0.29, 0.717) is 4.64 Å². The van der Waals surface area contributed by atoms with Crippen LogP contribution in [-0.2, 0) is 0 Å². The van der Waals surface area contributed by atoms with Crippen LogP contribution >= 0.6 is 23.6 Å². The maximum absolute atomic E-state index is 5.16. The molecule has 14 heavy (non-hydrogen) atoms. The summed E-state index contributed by atoms with van der Waals surface area (Å²) < 4.78 is 0.657. The molecule has 0 aliphatic carbocycles. The zero-order chi connectivity index (χ0) is 10.1. The normalized spacial score (nSPS) is 10.4. The molecule has 0 radical (unpaired) electrons. The Hall–Kier alpha value is -1.07. The fourth-order valence-corrected chi connectivity index (χ4v) is 1.90. The summed E-state index contributed by atoms with van der Waals surface area (Å²) in [4.78, 5) is 12.5. The second-order valence-electron chi connectivity index (χ2n) is 3.01. The van der Waals surface area contributed by atoms with Crippen LogP contribution in [0.5, 0.6) is 0 Å². The highest BCUT2D eigenvalue weighted by Gasteiger charge is 2.04. The summed E-state index contributed by atoms with van der Waals surface area (Å²) in [6, 6.07) is 0. The van der Waals surface area contributed by atoms with Crippen LogP contribution in [-0.4, -0.2) is 15.0 Å². The van der Waals surface area contributed by atoms with Gasteiger partial charge in [0, 0.05) is 17.5 Å². The van der Waals surface area contributed by atoms with Crippen LogP contribution in [0.15, 0.2) is 11.7 Å². The van der Waals surface area contributed by atoms with Crippen molar-refractivity contribution in [3.8, 4) is 10.7 Å². The Morgan fingerprint density at radius 1 is 1.43 bits per heavy atom. The number of aromatic nitrogens is 3. The maximum atomic E-state index is 5.16. The molecule has 0 atom stereocenters. The quantitative estimate of drug-likeness (QED) is 0.756. The summed E-state index contributed by atoms with van der Waals surface area (Å²) in [7, 11) is 0. The number of rotatable bonds is 1. The van der Waals surface area contributed by atoms with Gasteiger partial charge in [0.2, 0.25) is 0 Å². The Labute approximate surface area is 90.9 Å². The lowest BCUT2D eigenvalue weighted by Gasteiger charge is -2.02. The lowest BCUT2D eigenvalue weighted by Crippen LogP contribution is -1.94. The van der Waals surface area contributed by atoms with Crippen molar-refractivity contribution in [2.24, 2.45) is 0 Å². The van der Waals surface area contributed by atoms with Crippen molar-refractivity contribution in [2.45, 2.75) is 13.8 Å². The van der Waals surface area contributed by atoms with Gasteiger partial charge in [-0.1, -0.05) is 12.2 Å². The van der Waals surface area contributed by atoms with Crippen LogP contribution in [0.2, 0.25) is 0 Å². The van der Waals surface area contributed by atoms with Crippen molar-refractivity contribution in [1.82, 2.24) is 15.0 Å². The number of aryl methyl sites for hydroxylation is 1. The van der Waals surface area contributed by atoms with Gasteiger partial charge < -0.3 is 4.98 Å². The molecule has 2 aromatic rings. The molecule has 0 aliphatic heterocycles. The summed E-state index contributed by atoms with van der Waals surface area (Å²) in [6.07, 6.45) is 1.78. The average molecular weight is 223 g/mol. The highest BCUT2D eigenvalue weighted by atomic mass is 32.1. The van der Waals surface area contributed by atoms with E-state index in [-0.39, 0.29) is 0 Å². The van der Waals surface area contributed by atoms with E-state index in [0.717, 1.165) is 22.0 Å². The van der Waals surface area contributed by atoms with Crippen LogP contribution in [0.4, 0.5) is 0 Å². The Bertz CT molecular complexity index is 499. The summed E-state index contributed by atoms with van der Waals surface area (Å²) in [5, 5.41) is 0. The van der Waals surface area contributed by atoms with Crippen molar-refractivity contribution < 1.29 is 0 Å². The molecular weight excluding hydrogens is 214 g/mol. The van der Waals surface area contributed by atoms with E-state index in [4.69, 9.17) is 12.2 Å². The number of hydrogen-bond donors (Lipinski definition) is 1. The molecule has 2 aromatic heterocycles. The fourth-order valence-electron chi connectivity index (χ4n) is 1.09. The molecule has 2 rings (SSSR count). The molecule has 0 fully saturated rings. The molecule has 0 aromatic carbocycles. The minimum atomic E-state index is 0.657. The second-order valence-corrected chi connectivity index (χ2v) is 4.28. The predicted octanol–water partition coefficient (Wildman–Crippen LogP) is 2.88. The standard InChI is InChI=1S/C9H9N3S2/c1-5-6(2)11-8(12-9(5)13)7-3-10-4-14-7/h3-4H,1-2H3,(H,11,12,13). The molecule has 0 unspecified atom stereocenters. The van der Waals surface area contributed by atoms with E-state index < -0.39 is 0 Å². The molecule has 5 heteroatoms. The largest absolute Gasteiger partial charge is 0.342 e. The summed E-state index contributed by atoms with van der Waals surface area (Å²) >= 11 is 6.70. The summed E-state index contributed by atoms with van der Waals surface area (Å²) in [5.74, 6) is 0.806. The van der Waals surface area contributed by atoms with Gasteiger partial charge in [0.1, 0.15) is 4.64 Å². The SMILES string of the molecule is Cc1[nH]c(-c2cncs2)nc(=S)c1C. The molecule has 0 saturated carbocycles. The lowest BCUT2D eigenvalue weighted by molar-refractivity contribution is 1.06. The monoisotopic (exact) mass is 223 g/mol. The Kier molecular flexibility index (Phi) is 2.43. The van der Waals surface area contributed by atoms with Gasteiger partial charge in [-0.05, 0) is 13.8 Å². The molecule has 0 aliphatic rings. The highest BCUT2D eigenvalue weighted by molar-refractivity contribution is 7.71. The van der Waals surface area contributed by atoms with Crippen LogP contribution in [0.1, 0.15) is 11.3 Å². The van der Waals surface area contributed by atoms with Gasteiger partial charge >= 0.3 is 0 Å². The smallest absolute Gasteiger partial charge is 0.150 e. The molecule has 0 saturated heterocycles. The van der Waals surface area contributed by atoms with Crippen LogP contribution in [0, 0.1) is 18.5 Å². The highest BCUT2D eigenvalue weighted by Crippen LogP contribution is 2.20. The number of hydrogen-bond acceptors (Lipinski definition) is 4. The number of nitrogens with one attached hydrogen (secondary N) is 1. The van der Waals surface area contributed by atoms with E-state index in [9.17, 15) is 0 Å². The number of aromatic amines is 1. The number of thiazole rings is 1. The molecule has 72 valence electrons. The van der Waals surface area contributed by atoms with E-state index in [1.54, 1.807) is 23.0 Å². The molecule has 0 amide bonds. The van der Waals surface area contributed by atoms with Crippen LogP contribution < -0.4 is 0 Å². The van der Waals surface area contributed by atoms with Crippen molar-refractivity contribution in [2.75, 3.05) is 0 Å². The molecule has 2 heterocycles. The second kappa shape index (κ2) is 3.59. The van der Waals surface area contributed by atoms with E-state index >= 15 is 0 Å². The predicted molar refractivity (Wildman–Crippen MR) is 60.0 cm³/mol. The van der Waals surface area contributed by atoms with Gasteiger partial charge in [-0.15, -0.1) is 11.3 Å². The first-order valence-electron chi connectivity index (χ1n) is 4.15. The van der Waals surface area contributed by atoms with Crippen molar-refractivity contribution in [1.29, 1.82) is 0 Å². The van der Waals surface area contributed by atoms with Gasteiger partial charge in [0.15, 0.2) is 5.82 Å². The van der Waals surface area contributed by atoms with Gasteiger partial charge in [0.05, 0.1) is 10.4 Å². The average Bonchev–Trinajstić information content (AvgIpc) is 2.66. The van der Waals surface area contributed by atoms with Crippen LogP contribution in [0.25, 0.3) is 10.7 Å². The first-order chi connectivity index (χ1) is 6.68. The van der Waals surface area contributed by atoms with E-state index in [1.165, 1.54) is 0 Å². The Morgan fingerprint density at radius 2 is 2.21 bits per heavy atom. The first-order valence-corrected chi connectivity index (χ1v) is 5.43. The van der Waals surface area contributed by atoms with Crippen molar-refractivity contribution in [3.05, 3.63) is 27.6 Å². The summed E-state index contributed by atoms with van der Waals surface area (Å²) in [5.41, 5.74) is 3.88. The number of nitrogens with zero attached hydrogens (tertiary/aromatic N) is 2. The lowest BCUT2D eigenvalue weighted by atomic mass is 10.3. The topological polar surface area (TPSA) is 41.6 Å². The number of H-pyrrole nitrogens is 1. The zero-order valence-corrected chi connectivity index (χ0v) is 9.50. The molecule has 3 nitrogen and oxygen atoms in total. The first kappa shape index (κ1) is 9.48. The molecule has 1 N–H and O–H groups in total. The molecule has 0 bridgehead atoms. The van der Waals surface area contributed by atoms with Gasteiger partial charge in [0.25, 0.3) is 0 Å². The zero-order valence-electron chi connectivity index (χ0n) is 7.87. The Morgan fingerprint density at radius 3 is 2.79 bits per heavy atom. The summed E-state index contributed by atoms with van der Waals surface area (Å²) in [6.45, 7) is 3.97. The maximum Gasteiger partial charge on any atom is 0.150 e. The van der Waals surface area contributed by atoms with Gasteiger partial charge in [-0.25, -0.2) is 4.98 Å².